The van der Waals surface area contributed by atoms with Crippen molar-refractivity contribution < 1.29 is 8.42 Å². The van der Waals surface area contributed by atoms with Crippen molar-refractivity contribution in [3.05, 3.63) is 24.3 Å². The Bertz CT molecular complexity index is 414. The number of hydrogen-bond donors (Lipinski definition) is 3. The second kappa shape index (κ2) is 5.72. The number of sulfonamides is 1. The number of hydrogen-bond acceptors (Lipinski definition) is 4. The molecule has 0 atom stereocenters. The third-order valence-electron chi connectivity index (χ3n) is 1.96. The van der Waals surface area contributed by atoms with E-state index < -0.39 is 10.0 Å². The Hall–Kier alpha value is -1.27. The molecule has 1 rings (SSSR count). The van der Waals surface area contributed by atoms with Crippen LogP contribution >= 0.6 is 0 Å². The third-order valence-corrected chi connectivity index (χ3v) is 2.69. The third kappa shape index (κ3) is 5.57. The maximum Gasteiger partial charge on any atom is 0.208 e. The summed E-state index contributed by atoms with van der Waals surface area (Å²) in [4.78, 5) is 0. The van der Waals surface area contributed by atoms with Gasteiger partial charge in [-0.25, -0.2) is 13.1 Å². The zero-order valence-corrected chi connectivity index (χ0v) is 10.0. The number of benzene rings is 1. The van der Waals surface area contributed by atoms with Gasteiger partial charge in [0, 0.05) is 24.5 Å². The number of nitrogens with one attached hydrogen (secondary N) is 2. The average molecular weight is 243 g/mol. The minimum Gasteiger partial charge on any atom is -0.399 e. The molecule has 1 aromatic rings. The summed E-state index contributed by atoms with van der Waals surface area (Å²) in [5.41, 5.74) is 7.25. The van der Waals surface area contributed by atoms with Crippen molar-refractivity contribution in [2.24, 2.45) is 0 Å². The van der Waals surface area contributed by atoms with Crippen molar-refractivity contribution in [1.82, 2.24) is 4.72 Å². The summed E-state index contributed by atoms with van der Waals surface area (Å²) in [7, 11) is -3.07. The van der Waals surface area contributed by atoms with E-state index in [0.29, 0.717) is 13.1 Å². The molecule has 0 saturated carbocycles. The first-order chi connectivity index (χ1) is 7.47. The summed E-state index contributed by atoms with van der Waals surface area (Å²) in [5.74, 6) is 0. The van der Waals surface area contributed by atoms with E-state index in [9.17, 15) is 8.42 Å². The van der Waals surface area contributed by atoms with E-state index in [2.05, 4.69) is 10.0 Å². The first-order valence-electron chi connectivity index (χ1n) is 5.01. The molecule has 0 unspecified atom stereocenters. The van der Waals surface area contributed by atoms with Crippen LogP contribution in [0.4, 0.5) is 11.4 Å². The molecule has 1 aromatic carbocycles. The van der Waals surface area contributed by atoms with Crippen LogP contribution in [0.3, 0.4) is 0 Å². The summed E-state index contributed by atoms with van der Waals surface area (Å²) < 4.78 is 23.9. The molecule has 0 saturated heterocycles. The average Bonchev–Trinajstić information content (AvgIpc) is 2.19. The fourth-order valence-corrected chi connectivity index (χ4v) is 1.69. The predicted molar refractivity (Wildman–Crippen MR) is 66.8 cm³/mol. The van der Waals surface area contributed by atoms with Gasteiger partial charge in [-0.15, -0.1) is 0 Å². The molecule has 0 aromatic heterocycles. The van der Waals surface area contributed by atoms with Crippen LogP contribution in [0.15, 0.2) is 24.3 Å². The van der Waals surface area contributed by atoms with Crippen LogP contribution in [0, 0.1) is 0 Å². The molecule has 0 aliphatic rings. The Morgan fingerprint density at radius 2 is 1.81 bits per heavy atom. The Labute approximate surface area is 96.1 Å². The topological polar surface area (TPSA) is 84.2 Å². The molecule has 5 nitrogen and oxygen atoms in total. The van der Waals surface area contributed by atoms with Gasteiger partial charge in [-0.1, -0.05) is 0 Å². The van der Waals surface area contributed by atoms with Crippen LogP contribution < -0.4 is 15.8 Å². The van der Waals surface area contributed by atoms with Crippen LogP contribution in [-0.2, 0) is 10.0 Å². The summed E-state index contributed by atoms with van der Waals surface area (Å²) in [6.07, 6.45) is 1.89. The van der Waals surface area contributed by atoms with Gasteiger partial charge in [-0.2, -0.15) is 0 Å². The van der Waals surface area contributed by atoms with E-state index in [-0.39, 0.29) is 0 Å². The van der Waals surface area contributed by atoms with E-state index in [1.807, 2.05) is 24.3 Å². The van der Waals surface area contributed by atoms with Crippen LogP contribution in [0.5, 0.6) is 0 Å². The van der Waals surface area contributed by atoms with Crippen molar-refractivity contribution in [2.75, 3.05) is 30.4 Å². The maximum atomic E-state index is 10.8. The SMILES string of the molecule is CS(=O)(=O)NCCCNc1ccc(N)cc1. The van der Waals surface area contributed by atoms with Gasteiger partial charge in [-0.3, -0.25) is 0 Å². The molecule has 0 amide bonds. The van der Waals surface area contributed by atoms with Crippen LogP contribution in [0.25, 0.3) is 0 Å². The van der Waals surface area contributed by atoms with Crippen molar-refractivity contribution >= 4 is 21.4 Å². The highest BCUT2D eigenvalue weighted by Gasteiger charge is 1.98. The van der Waals surface area contributed by atoms with Crippen LogP contribution in [-0.4, -0.2) is 27.8 Å². The zero-order valence-electron chi connectivity index (χ0n) is 9.23. The number of anilines is 2. The molecule has 16 heavy (non-hydrogen) atoms. The van der Waals surface area contributed by atoms with Crippen molar-refractivity contribution in [1.29, 1.82) is 0 Å². The highest BCUT2D eigenvalue weighted by Crippen LogP contribution is 2.09. The summed E-state index contributed by atoms with van der Waals surface area (Å²) in [6.45, 7) is 1.16. The molecule has 0 heterocycles. The van der Waals surface area contributed by atoms with Gasteiger partial charge in [-0.05, 0) is 30.7 Å². The molecule has 0 aliphatic carbocycles. The quantitative estimate of drug-likeness (QED) is 0.505. The monoisotopic (exact) mass is 243 g/mol. The lowest BCUT2D eigenvalue weighted by atomic mass is 10.3. The standard InChI is InChI=1S/C10H17N3O2S/c1-16(14,15)13-8-2-7-12-10-5-3-9(11)4-6-10/h3-6,12-13H,2,7-8,11H2,1H3. The minimum absolute atomic E-state index is 0.445. The molecular formula is C10H17N3O2S. The largest absolute Gasteiger partial charge is 0.399 e. The van der Waals surface area contributed by atoms with E-state index >= 15 is 0 Å². The lowest BCUT2D eigenvalue weighted by Gasteiger charge is -2.06. The van der Waals surface area contributed by atoms with Crippen LogP contribution in [0.2, 0.25) is 0 Å². The first-order valence-corrected chi connectivity index (χ1v) is 6.90. The molecule has 0 aliphatic heterocycles. The predicted octanol–water partition coefficient (Wildman–Crippen LogP) is 0.620. The number of nitrogen functional groups attached to an aromatic ring is 1. The van der Waals surface area contributed by atoms with Crippen LogP contribution in [0.1, 0.15) is 6.42 Å². The highest BCUT2D eigenvalue weighted by molar-refractivity contribution is 7.88. The molecule has 6 heteroatoms. The Balaban J connectivity index is 2.19. The molecule has 0 spiro atoms. The first kappa shape index (κ1) is 12.8. The highest BCUT2D eigenvalue weighted by atomic mass is 32.2. The van der Waals surface area contributed by atoms with Gasteiger partial charge in [0.05, 0.1) is 6.26 Å². The molecule has 0 fully saturated rings. The van der Waals surface area contributed by atoms with Gasteiger partial charge in [0.25, 0.3) is 0 Å². The number of rotatable bonds is 6. The molecular weight excluding hydrogens is 226 g/mol. The Morgan fingerprint density at radius 1 is 1.19 bits per heavy atom. The molecule has 4 N–H and O–H groups in total. The fourth-order valence-electron chi connectivity index (χ4n) is 1.18. The van der Waals surface area contributed by atoms with Crippen molar-refractivity contribution in [3.63, 3.8) is 0 Å². The molecule has 0 radical (unpaired) electrons. The second-order valence-electron chi connectivity index (χ2n) is 3.57. The normalized spacial score (nSPS) is 11.3. The van der Waals surface area contributed by atoms with Gasteiger partial charge < -0.3 is 11.1 Å². The van der Waals surface area contributed by atoms with E-state index in [0.717, 1.165) is 24.1 Å². The lowest BCUT2D eigenvalue weighted by Crippen LogP contribution is -2.24. The van der Waals surface area contributed by atoms with E-state index in [1.165, 1.54) is 0 Å². The molecule has 90 valence electrons. The Kier molecular flexibility index (Phi) is 4.57. The van der Waals surface area contributed by atoms with E-state index in [1.54, 1.807) is 0 Å². The van der Waals surface area contributed by atoms with Gasteiger partial charge in [0.15, 0.2) is 0 Å². The van der Waals surface area contributed by atoms with Gasteiger partial charge in [0.1, 0.15) is 0 Å². The van der Waals surface area contributed by atoms with Crippen molar-refractivity contribution in [3.8, 4) is 0 Å². The maximum absolute atomic E-state index is 10.8. The minimum atomic E-state index is -3.07. The Morgan fingerprint density at radius 3 is 2.38 bits per heavy atom. The summed E-state index contributed by atoms with van der Waals surface area (Å²) in [5, 5.41) is 3.17. The van der Waals surface area contributed by atoms with Gasteiger partial charge in [0.2, 0.25) is 10.0 Å². The number of nitrogens with two attached hydrogens (primary N) is 1. The summed E-state index contributed by atoms with van der Waals surface area (Å²) >= 11 is 0. The molecule has 0 bridgehead atoms. The van der Waals surface area contributed by atoms with E-state index in [4.69, 9.17) is 5.73 Å². The second-order valence-corrected chi connectivity index (χ2v) is 5.40. The zero-order chi connectivity index (χ0) is 12.0. The van der Waals surface area contributed by atoms with Crippen molar-refractivity contribution in [2.45, 2.75) is 6.42 Å². The smallest absolute Gasteiger partial charge is 0.208 e. The lowest BCUT2D eigenvalue weighted by molar-refractivity contribution is 0.586. The fraction of sp³-hybridized carbons (Fsp3) is 0.400. The van der Waals surface area contributed by atoms with Gasteiger partial charge >= 0.3 is 0 Å². The summed E-state index contributed by atoms with van der Waals surface area (Å²) in [6, 6.07) is 7.41.